The Bertz CT molecular complexity index is 1030. The predicted molar refractivity (Wildman–Crippen MR) is 104 cm³/mol. The average molecular weight is 358 g/mol. The molecule has 0 saturated heterocycles. The van der Waals surface area contributed by atoms with E-state index in [9.17, 15) is 0 Å². The minimum absolute atomic E-state index is 0.0347. The van der Waals surface area contributed by atoms with Crippen molar-refractivity contribution in [2.75, 3.05) is 11.1 Å². The Balaban J connectivity index is 1.86. The Labute approximate surface area is 156 Å². The number of anilines is 3. The Morgan fingerprint density at radius 2 is 1.63 bits per heavy atom. The molecule has 1 aromatic heterocycles. The van der Waals surface area contributed by atoms with Crippen molar-refractivity contribution in [1.82, 2.24) is 15.0 Å². The van der Waals surface area contributed by atoms with Crippen LogP contribution in [0.25, 0.3) is 0 Å². The van der Waals surface area contributed by atoms with Crippen molar-refractivity contribution in [3.63, 3.8) is 0 Å². The molecule has 8 nitrogen and oxygen atoms in total. The molecule has 2 aromatic carbocycles. The lowest BCUT2D eigenvalue weighted by Gasteiger charge is -2.06. The van der Waals surface area contributed by atoms with Crippen LogP contribution in [-0.4, -0.2) is 15.0 Å². The molecule has 3 N–H and O–H groups in total. The number of benzene rings is 2. The van der Waals surface area contributed by atoms with Crippen LogP contribution in [0.5, 0.6) is 0 Å². The molecular weight excluding hydrogens is 340 g/mol. The fourth-order valence-corrected chi connectivity index (χ4v) is 2.66. The Kier molecular flexibility index (Phi) is 5.04. The normalized spacial score (nSPS) is 10.7. The first-order valence-corrected chi connectivity index (χ1v) is 8.23. The first-order chi connectivity index (χ1) is 12.9. The van der Waals surface area contributed by atoms with Gasteiger partial charge in [-0.2, -0.15) is 20.2 Å². The van der Waals surface area contributed by atoms with E-state index in [1.54, 1.807) is 24.3 Å². The third kappa shape index (κ3) is 4.41. The fraction of sp³-hybridized carbons (Fsp3) is 0.158. The number of nitriles is 1. The van der Waals surface area contributed by atoms with E-state index in [0.29, 0.717) is 11.3 Å². The quantitative estimate of drug-likeness (QED) is 0.665. The second-order valence-corrected chi connectivity index (χ2v) is 6.08. The topological polar surface area (TPSA) is 125 Å². The molecule has 134 valence electrons. The van der Waals surface area contributed by atoms with Gasteiger partial charge in [0.1, 0.15) is 0 Å². The zero-order valence-corrected chi connectivity index (χ0v) is 15.2. The maximum absolute atomic E-state index is 8.86. The minimum atomic E-state index is 0.0347. The highest BCUT2D eigenvalue weighted by atomic mass is 15.3. The number of nitrogens with two attached hydrogens (primary N) is 1. The summed E-state index contributed by atoms with van der Waals surface area (Å²) in [4.78, 5) is 12.3. The van der Waals surface area contributed by atoms with Gasteiger partial charge in [-0.3, -0.25) is 0 Å². The SMILES string of the molecule is Cc1cc(C)c(N=Nc2nc(N)nc(Nc3ccc(C#N)cc3)n2)c(C)c1. The second kappa shape index (κ2) is 7.58. The molecular formula is C19H18N8. The van der Waals surface area contributed by atoms with E-state index in [-0.39, 0.29) is 17.8 Å². The lowest BCUT2D eigenvalue weighted by molar-refractivity contribution is 1.01. The highest BCUT2D eigenvalue weighted by Gasteiger charge is 2.07. The molecule has 0 atom stereocenters. The van der Waals surface area contributed by atoms with Crippen LogP contribution in [0.1, 0.15) is 22.3 Å². The zero-order valence-electron chi connectivity index (χ0n) is 15.2. The van der Waals surface area contributed by atoms with E-state index < -0.39 is 0 Å². The molecule has 0 saturated carbocycles. The van der Waals surface area contributed by atoms with Crippen LogP contribution in [0.3, 0.4) is 0 Å². The summed E-state index contributed by atoms with van der Waals surface area (Å²) in [6.45, 7) is 6.00. The number of aryl methyl sites for hydroxylation is 3. The maximum Gasteiger partial charge on any atom is 0.275 e. The summed E-state index contributed by atoms with van der Waals surface area (Å²) in [7, 11) is 0. The van der Waals surface area contributed by atoms with Crippen LogP contribution in [-0.2, 0) is 0 Å². The lowest BCUT2D eigenvalue weighted by atomic mass is 10.1. The van der Waals surface area contributed by atoms with Crippen LogP contribution >= 0.6 is 0 Å². The molecule has 0 aliphatic heterocycles. The molecule has 0 amide bonds. The maximum atomic E-state index is 8.86. The van der Waals surface area contributed by atoms with E-state index in [0.717, 1.165) is 16.8 Å². The van der Waals surface area contributed by atoms with Gasteiger partial charge in [0.25, 0.3) is 5.95 Å². The Hall–Kier alpha value is -3.86. The summed E-state index contributed by atoms with van der Waals surface area (Å²) in [5, 5.41) is 20.3. The van der Waals surface area contributed by atoms with Crippen LogP contribution in [0, 0.1) is 32.1 Å². The first kappa shape index (κ1) is 17.9. The summed E-state index contributed by atoms with van der Waals surface area (Å²) >= 11 is 0. The highest BCUT2D eigenvalue weighted by molar-refractivity contribution is 5.56. The molecule has 0 aliphatic carbocycles. The third-order valence-electron chi connectivity index (χ3n) is 3.79. The number of hydrogen-bond acceptors (Lipinski definition) is 8. The van der Waals surface area contributed by atoms with E-state index in [1.807, 2.05) is 32.9 Å². The summed E-state index contributed by atoms with van der Waals surface area (Å²) in [6.07, 6.45) is 0. The van der Waals surface area contributed by atoms with Crippen molar-refractivity contribution in [1.29, 1.82) is 5.26 Å². The molecule has 0 unspecified atom stereocenters. The van der Waals surface area contributed by atoms with Crippen molar-refractivity contribution in [3.8, 4) is 6.07 Å². The summed E-state index contributed by atoms with van der Waals surface area (Å²) in [5.74, 6) is 0.393. The summed E-state index contributed by atoms with van der Waals surface area (Å²) in [5.41, 5.74) is 11.0. The van der Waals surface area contributed by atoms with Gasteiger partial charge >= 0.3 is 0 Å². The van der Waals surface area contributed by atoms with Gasteiger partial charge in [0.15, 0.2) is 0 Å². The molecule has 3 aromatic rings. The van der Waals surface area contributed by atoms with Crippen LogP contribution in [0.15, 0.2) is 46.6 Å². The second-order valence-electron chi connectivity index (χ2n) is 6.08. The van der Waals surface area contributed by atoms with Crippen LogP contribution < -0.4 is 11.1 Å². The monoisotopic (exact) mass is 358 g/mol. The largest absolute Gasteiger partial charge is 0.368 e. The number of hydrogen-bond donors (Lipinski definition) is 2. The van der Waals surface area contributed by atoms with Crippen molar-refractivity contribution < 1.29 is 0 Å². The van der Waals surface area contributed by atoms with E-state index in [2.05, 4.69) is 36.6 Å². The van der Waals surface area contributed by atoms with Crippen molar-refractivity contribution in [2.24, 2.45) is 10.2 Å². The van der Waals surface area contributed by atoms with Gasteiger partial charge in [-0.25, -0.2) is 0 Å². The zero-order chi connectivity index (χ0) is 19.4. The van der Waals surface area contributed by atoms with E-state index in [4.69, 9.17) is 11.0 Å². The molecule has 0 spiro atoms. The van der Waals surface area contributed by atoms with Gasteiger partial charge in [-0.15, -0.1) is 10.2 Å². The number of aromatic nitrogens is 3. The van der Waals surface area contributed by atoms with Gasteiger partial charge in [0, 0.05) is 5.69 Å². The number of nitrogens with one attached hydrogen (secondary N) is 1. The van der Waals surface area contributed by atoms with Gasteiger partial charge in [-0.05, 0) is 56.2 Å². The average Bonchev–Trinajstić information content (AvgIpc) is 2.61. The fourth-order valence-electron chi connectivity index (χ4n) is 2.66. The van der Waals surface area contributed by atoms with E-state index >= 15 is 0 Å². The molecule has 0 fully saturated rings. The molecule has 3 rings (SSSR count). The van der Waals surface area contributed by atoms with Crippen LogP contribution in [0.2, 0.25) is 0 Å². The molecule has 0 bridgehead atoms. The van der Waals surface area contributed by atoms with Crippen LogP contribution in [0.4, 0.5) is 29.2 Å². The van der Waals surface area contributed by atoms with Gasteiger partial charge in [0.05, 0.1) is 17.3 Å². The number of rotatable bonds is 4. The molecule has 27 heavy (non-hydrogen) atoms. The van der Waals surface area contributed by atoms with Gasteiger partial charge < -0.3 is 11.1 Å². The number of nitrogen functional groups attached to an aromatic ring is 1. The molecule has 1 heterocycles. The number of azo groups is 1. The van der Waals surface area contributed by atoms with Gasteiger partial charge in [-0.1, -0.05) is 17.7 Å². The highest BCUT2D eigenvalue weighted by Crippen LogP contribution is 2.27. The molecule has 8 heteroatoms. The minimum Gasteiger partial charge on any atom is -0.368 e. The van der Waals surface area contributed by atoms with Crippen molar-refractivity contribution >= 4 is 29.2 Å². The predicted octanol–water partition coefficient (Wildman–Crippen LogP) is 4.41. The smallest absolute Gasteiger partial charge is 0.275 e. The van der Waals surface area contributed by atoms with E-state index in [1.165, 1.54) is 5.56 Å². The number of nitrogens with zero attached hydrogens (tertiary/aromatic N) is 6. The first-order valence-electron chi connectivity index (χ1n) is 8.23. The summed E-state index contributed by atoms with van der Waals surface area (Å²) in [6, 6.07) is 13.0. The lowest BCUT2D eigenvalue weighted by Crippen LogP contribution is -2.02. The van der Waals surface area contributed by atoms with Gasteiger partial charge in [0.2, 0.25) is 11.9 Å². The standard InChI is InChI=1S/C19H18N8/c1-11-8-12(2)16(13(3)9-11)26-27-19-24-17(21)23-18(25-19)22-15-6-4-14(10-20)5-7-15/h4-9H,1-3H3,(H3,21,22,23,24,25). The third-order valence-corrected chi connectivity index (χ3v) is 3.79. The molecule has 0 radical (unpaired) electrons. The molecule has 0 aliphatic rings. The Morgan fingerprint density at radius 3 is 2.26 bits per heavy atom. The van der Waals surface area contributed by atoms with Crippen molar-refractivity contribution in [3.05, 3.63) is 58.7 Å². The van der Waals surface area contributed by atoms with Crippen molar-refractivity contribution in [2.45, 2.75) is 20.8 Å². The Morgan fingerprint density at radius 1 is 0.963 bits per heavy atom. The summed E-state index contributed by atoms with van der Waals surface area (Å²) < 4.78 is 0.